The van der Waals surface area contributed by atoms with E-state index < -0.39 is 11.7 Å². The molecule has 0 aromatic carbocycles. The number of aliphatic hydroxyl groups excluding tert-OH is 1. The highest BCUT2D eigenvalue weighted by Crippen LogP contribution is 2.32. The van der Waals surface area contributed by atoms with Crippen molar-refractivity contribution in [2.24, 2.45) is 5.92 Å². The summed E-state index contributed by atoms with van der Waals surface area (Å²) >= 11 is 0. The lowest BCUT2D eigenvalue weighted by molar-refractivity contribution is -0.150. The lowest BCUT2D eigenvalue weighted by Crippen LogP contribution is -2.44. The number of unbranched alkanes of at least 4 members (excludes halogenated alkanes) is 2. The maximum absolute atomic E-state index is 11.5. The van der Waals surface area contributed by atoms with Gasteiger partial charge in [-0.25, -0.2) is 0 Å². The van der Waals surface area contributed by atoms with Crippen molar-refractivity contribution in [2.75, 3.05) is 13.2 Å². The second-order valence-electron chi connectivity index (χ2n) is 5.83. The third kappa shape index (κ3) is 5.11. The van der Waals surface area contributed by atoms with Crippen LogP contribution in [-0.4, -0.2) is 36.0 Å². The molecule has 0 saturated carbocycles. The molecule has 0 unspecified atom stereocenters. The van der Waals surface area contributed by atoms with Gasteiger partial charge in [-0.3, -0.25) is 4.79 Å². The van der Waals surface area contributed by atoms with Crippen molar-refractivity contribution in [1.82, 2.24) is 0 Å². The number of aliphatic hydroxyl groups is 1. The topological polar surface area (TPSA) is 55.8 Å². The van der Waals surface area contributed by atoms with Crippen molar-refractivity contribution in [3.63, 3.8) is 0 Å². The number of esters is 1. The SMILES string of the molecule is CCCCCC(=O)OC[C@H](C)[C@@H](O)[C@]1(C)CCCO1. The lowest BCUT2D eigenvalue weighted by atomic mass is 9.87. The summed E-state index contributed by atoms with van der Waals surface area (Å²) in [6.07, 6.45) is 4.77. The smallest absolute Gasteiger partial charge is 0.305 e. The van der Waals surface area contributed by atoms with Crippen LogP contribution in [0.4, 0.5) is 0 Å². The molecule has 1 aliphatic rings. The zero-order chi connectivity index (χ0) is 14.3. The maximum atomic E-state index is 11.5. The summed E-state index contributed by atoms with van der Waals surface area (Å²) in [6.45, 7) is 6.91. The van der Waals surface area contributed by atoms with Crippen LogP contribution in [0.1, 0.15) is 59.3 Å². The Balaban J connectivity index is 2.26. The van der Waals surface area contributed by atoms with Crippen LogP contribution < -0.4 is 0 Å². The van der Waals surface area contributed by atoms with Crippen LogP contribution in [0.25, 0.3) is 0 Å². The zero-order valence-electron chi connectivity index (χ0n) is 12.5. The summed E-state index contributed by atoms with van der Waals surface area (Å²) in [5, 5.41) is 10.3. The molecule has 1 aliphatic heterocycles. The van der Waals surface area contributed by atoms with E-state index in [-0.39, 0.29) is 18.5 Å². The first kappa shape index (κ1) is 16.4. The summed E-state index contributed by atoms with van der Waals surface area (Å²) in [5.74, 6) is -0.261. The van der Waals surface area contributed by atoms with Crippen LogP contribution in [0.3, 0.4) is 0 Å². The molecule has 1 N–H and O–H groups in total. The Morgan fingerprint density at radius 3 is 2.79 bits per heavy atom. The molecule has 0 aromatic rings. The third-order valence-electron chi connectivity index (χ3n) is 3.91. The summed E-state index contributed by atoms with van der Waals surface area (Å²) in [5.41, 5.74) is -0.478. The highest BCUT2D eigenvalue weighted by atomic mass is 16.5. The number of ether oxygens (including phenoxy) is 2. The van der Waals surface area contributed by atoms with Crippen molar-refractivity contribution in [2.45, 2.75) is 71.0 Å². The highest BCUT2D eigenvalue weighted by molar-refractivity contribution is 5.69. The Hall–Kier alpha value is -0.610. The fourth-order valence-electron chi connectivity index (χ4n) is 2.54. The second kappa shape index (κ2) is 7.85. The molecule has 1 heterocycles. The van der Waals surface area contributed by atoms with E-state index in [1.165, 1.54) is 0 Å². The monoisotopic (exact) mass is 272 g/mol. The van der Waals surface area contributed by atoms with E-state index in [1.807, 2.05) is 13.8 Å². The van der Waals surface area contributed by atoms with Crippen molar-refractivity contribution in [3.8, 4) is 0 Å². The van der Waals surface area contributed by atoms with Crippen LogP contribution in [0, 0.1) is 5.92 Å². The van der Waals surface area contributed by atoms with Crippen LogP contribution in [-0.2, 0) is 14.3 Å². The van der Waals surface area contributed by atoms with Crippen molar-refractivity contribution in [3.05, 3.63) is 0 Å². The molecule has 0 amide bonds. The van der Waals surface area contributed by atoms with Gasteiger partial charge in [0.1, 0.15) is 0 Å². The molecule has 0 spiro atoms. The predicted molar refractivity (Wildman–Crippen MR) is 73.9 cm³/mol. The van der Waals surface area contributed by atoms with Gasteiger partial charge in [-0.1, -0.05) is 26.7 Å². The Labute approximate surface area is 116 Å². The highest BCUT2D eigenvalue weighted by Gasteiger charge is 2.40. The van der Waals surface area contributed by atoms with Crippen LogP contribution in [0.15, 0.2) is 0 Å². The molecule has 1 rings (SSSR count). The van der Waals surface area contributed by atoms with E-state index >= 15 is 0 Å². The van der Waals surface area contributed by atoms with Gasteiger partial charge >= 0.3 is 5.97 Å². The molecule has 4 heteroatoms. The molecule has 0 aromatic heterocycles. The average Bonchev–Trinajstić information content (AvgIpc) is 2.83. The van der Waals surface area contributed by atoms with Gasteiger partial charge in [0.2, 0.25) is 0 Å². The molecule has 0 aliphatic carbocycles. The number of carbonyl (C=O) groups excluding carboxylic acids is 1. The van der Waals surface area contributed by atoms with Crippen LogP contribution in [0.2, 0.25) is 0 Å². The molecular formula is C15H28O4. The fraction of sp³-hybridized carbons (Fsp3) is 0.933. The first-order valence-corrected chi connectivity index (χ1v) is 7.47. The minimum Gasteiger partial charge on any atom is -0.465 e. The summed E-state index contributed by atoms with van der Waals surface area (Å²) in [7, 11) is 0. The van der Waals surface area contributed by atoms with Gasteiger partial charge in [-0.15, -0.1) is 0 Å². The Morgan fingerprint density at radius 1 is 1.47 bits per heavy atom. The molecule has 4 nitrogen and oxygen atoms in total. The van der Waals surface area contributed by atoms with Gasteiger partial charge < -0.3 is 14.6 Å². The number of carbonyl (C=O) groups is 1. The standard InChI is InChI=1S/C15H28O4/c1-4-5-6-8-13(16)18-11-12(2)14(17)15(3)9-7-10-19-15/h12,14,17H,4-11H2,1-3H3/t12-,14+,15-/m0/s1. The molecule has 19 heavy (non-hydrogen) atoms. The van der Waals surface area contributed by atoms with Gasteiger partial charge in [-0.05, 0) is 26.2 Å². The molecule has 3 atom stereocenters. The van der Waals surface area contributed by atoms with E-state index in [0.717, 1.165) is 32.1 Å². The summed E-state index contributed by atoms with van der Waals surface area (Å²) in [6, 6.07) is 0. The van der Waals surface area contributed by atoms with Gasteiger partial charge in [0.25, 0.3) is 0 Å². The van der Waals surface area contributed by atoms with Crippen molar-refractivity contribution >= 4 is 5.97 Å². The number of rotatable bonds is 8. The van der Waals surface area contributed by atoms with Crippen molar-refractivity contribution < 1.29 is 19.4 Å². The van der Waals surface area contributed by atoms with Crippen molar-refractivity contribution in [1.29, 1.82) is 0 Å². The summed E-state index contributed by atoms with van der Waals surface area (Å²) < 4.78 is 10.8. The molecule has 112 valence electrons. The number of hydrogen-bond donors (Lipinski definition) is 1. The van der Waals surface area contributed by atoms with Gasteiger partial charge in [0.15, 0.2) is 0 Å². The van der Waals surface area contributed by atoms with Crippen LogP contribution >= 0.6 is 0 Å². The van der Waals surface area contributed by atoms with E-state index in [4.69, 9.17) is 9.47 Å². The van der Waals surface area contributed by atoms with E-state index in [1.54, 1.807) is 0 Å². The quantitative estimate of drug-likeness (QED) is 0.545. The van der Waals surface area contributed by atoms with Crippen LogP contribution in [0.5, 0.6) is 0 Å². The minimum absolute atomic E-state index is 0.0989. The van der Waals surface area contributed by atoms with Gasteiger partial charge in [0.05, 0.1) is 18.3 Å². The first-order valence-electron chi connectivity index (χ1n) is 7.47. The third-order valence-corrected chi connectivity index (χ3v) is 3.91. The first-order chi connectivity index (χ1) is 8.99. The normalized spacial score (nSPS) is 26.1. The lowest BCUT2D eigenvalue weighted by Gasteiger charge is -2.33. The summed E-state index contributed by atoms with van der Waals surface area (Å²) in [4.78, 5) is 11.5. The van der Waals surface area contributed by atoms with E-state index in [2.05, 4.69) is 6.92 Å². The Bertz CT molecular complexity index is 271. The van der Waals surface area contributed by atoms with Gasteiger partial charge in [0, 0.05) is 18.9 Å². The maximum Gasteiger partial charge on any atom is 0.305 e. The Morgan fingerprint density at radius 2 is 2.21 bits per heavy atom. The minimum atomic E-state index is -0.585. The average molecular weight is 272 g/mol. The van der Waals surface area contributed by atoms with E-state index in [0.29, 0.717) is 13.0 Å². The fourth-order valence-corrected chi connectivity index (χ4v) is 2.54. The van der Waals surface area contributed by atoms with Gasteiger partial charge in [-0.2, -0.15) is 0 Å². The molecule has 0 radical (unpaired) electrons. The van der Waals surface area contributed by atoms with E-state index in [9.17, 15) is 9.90 Å². The predicted octanol–water partition coefficient (Wildman–Crippen LogP) is 2.68. The zero-order valence-corrected chi connectivity index (χ0v) is 12.5. The molecule has 1 fully saturated rings. The largest absolute Gasteiger partial charge is 0.465 e. The molecule has 0 bridgehead atoms. The number of hydrogen-bond acceptors (Lipinski definition) is 4. The second-order valence-corrected chi connectivity index (χ2v) is 5.83. The molecular weight excluding hydrogens is 244 g/mol. The Kier molecular flexibility index (Phi) is 6.80. The molecule has 1 saturated heterocycles.